The van der Waals surface area contributed by atoms with E-state index in [0.29, 0.717) is 13.0 Å². The van der Waals surface area contributed by atoms with Crippen LogP contribution in [0.2, 0.25) is 0 Å². The van der Waals surface area contributed by atoms with Gasteiger partial charge in [-0.25, -0.2) is 0 Å². The summed E-state index contributed by atoms with van der Waals surface area (Å²) < 4.78 is 6.55. The molecule has 0 bridgehead atoms. The molecule has 1 amide bonds. The van der Waals surface area contributed by atoms with Crippen LogP contribution in [0.25, 0.3) is 0 Å². The van der Waals surface area contributed by atoms with Crippen molar-refractivity contribution in [1.29, 1.82) is 0 Å². The Bertz CT molecular complexity index is 705. The zero-order valence-corrected chi connectivity index (χ0v) is 18.6. The Morgan fingerprint density at radius 2 is 1.97 bits per heavy atom. The number of nitrogens with zero attached hydrogens (tertiary/aromatic N) is 3. The zero-order valence-electron chi connectivity index (χ0n) is 18.6. The Hall–Kier alpha value is -1.79. The van der Waals surface area contributed by atoms with E-state index in [-0.39, 0.29) is 30.6 Å². The lowest BCUT2D eigenvalue weighted by molar-refractivity contribution is -0.134. The molecule has 3 rings (SSSR count). The minimum atomic E-state index is -0.201. The highest BCUT2D eigenvalue weighted by Gasteiger charge is 2.32. The maximum atomic E-state index is 13.1. The third kappa shape index (κ3) is 5.64. The van der Waals surface area contributed by atoms with Gasteiger partial charge in [-0.05, 0) is 50.9 Å². The highest BCUT2D eigenvalue weighted by Crippen LogP contribution is 2.31. The monoisotopic (exact) mass is 403 g/mol. The maximum absolute atomic E-state index is 13.1. The average molecular weight is 404 g/mol. The molecule has 1 saturated carbocycles. The van der Waals surface area contributed by atoms with Crippen LogP contribution in [0.3, 0.4) is 0 Å². The van der Waals surface area contributed by atoms with Crippen LogP contribution in [-0.4, -0.2) is 80.3 Å². The van der Waals surface area contributed by atoms with Gasteiger partial charge in [0.05, 0.1) is 19.1 Å². The number of hydrogen-bond donors (Lipinski definition) is 1. The van der Waals surface area contributed by atoms with Crippen molar-refractivity contribution >= 4 is 11.6 Å². The first kappa shape index (κ1) is 21.9. The third-order valence-corrected chi connectivity index (χ3v) is 6.17. The molecule has 1 aliphatic heterocycles. The normalized spacial score (nSPS) is 23.7. The van der Waals surface area contributed by atoms with Crippen LogP contribution in [0.15, 0.2) is 18.2 Å². The molecule has 162 valence electrons. The smallest absolute Gasteiger partial charge is 0.227 e. The molecule has 1 aliphatic carbocycles. The van der Waals surface area contributed by atoms with E-state index in [1.165, 1.54) is 12.8 Å². The van der Waals surface area contributed by atoms with E-state index >= 15 is 0 Å². The molecular weight excluding hydrogens is 366 g/mol. The Kier molecular flexibility index (Phi) is 7.06. The number of amides is 1. The fourth-order valence-corrected chi connectivity index (χ4v) is 4.03. The van der Waals surface area contributed by atoms with Crippen molar-refractivity contribution in [2.24, 2.45) is 11.8 Å². The van der Waals surface area contributed by atoms with Crippen LogP contribution in [0.5, 0.6) is 5.75 Å². The summed E-state index contributed by atoms with van der Waals surface area (Å²) in [5, 5.41) is 9.71. The summed E-state index contributed by atoms with van der Waals surface area (Å²) in [6, 6.07) is 5.90. The van der Waals surface area contributed by atoms with Crippen LogP contribution in [0.1, 0.15) is 32.3 Å². The number of carbonyl (C=O) groups is 1. The van der Waals surface area contributed by atoms with E-state index in [4.69, 9.17) is 4.74 Å². The molecule has 0 saturated heterocycles. The zero-order chi connectivity index (χ0) is 21.1. The minimum absolute atomic E-state index is 0.0120. The number of hydrogen-bond acceptors (Lipinski definition) is 5. The van der Waals surface area contributed by atoms with Gasteiger partial charge in [-0.15, -0.1) is 0 Å². The van der Waals surface area contributed by atoms with Gasteiger partial charge in [0.1, 0.15) is 11.9 Å². The van der Waals surface area contributed by atoms with Gasteiger partial charge in [0.25, 0.3) is 0 Å². The number of benzene rings is 1. The van der Waals surface area contributed by atoms with E-state index < -0.39 is 0 Å². The quantitative estimate of drug-likeness (QED) is 0.757. The number of fused-ring (bicyclic) bond motifs is 1. The van der Waals surface area contributed by atoms with E-state index in [9.17, 15) is 9.90 Å². The van der Waals surface area contributed by atoms with Crippen molar-refractivity contribution in [3.63, 3.8) is 0 Å². The number of ether oxygens (including phenoxy) is 1. The van der Waals surface area contributed by atoms with Crippen molar-refractivity contribution in [3.8, 4) is 5.75 Å². The van der Waals surface area contributed by atoms with Gasteiger partial charge >= 0.3 is 0 Å². The Morgan fingerprint density at radius 3 is 2.59 bits per heavy atom. The number of aliphatic hydroxyl groups is 1. The summed E-state index contributed by atoms with van der Waals surface area (Å²) in [5.41, 5.74) is 1.97. The Balaban J connectivity index is 1.90. The van der Waals surface area contributed by atoms with Crippen molar-refractivity contribution in [1.82, 2.24) is 9.80 Å². The van der Waals surface area contributed by atoms with Crippen molar-refractivity contribution in [3.05, 3.63) is 23.8 Å². The molecule has 1 aromatic rings. The first-order valence-corrected chi connectivity index (χ1v) is 10.8. The van der Waals surface area contributed by atoms with Crippen molar-refractivity contribution in [2.45, 2.75) is 45.3 Å². The summed E-state index contributed by atoms with van der Waals surface area (Å²) in [6.07, 6.45) is 2.94. The van der Waals surface area contributed by atoms with Gasteiger partial charge in [-0.2, -0.15) is 0 Å². The maximum Gasteiger partial charge on any atom is 0.227 e. The number of anilines is 1. The summed E-state index contributed by atoms with van der Waals surface area (Å²) in [7, 11) is 6.16. The topological polar surface area (TPSA) is 56.2 Å². The molecule has 3 atom stereocenters. The van der Waals surface area contributed by atoms with E-state index in [1.54, 1.807) is 0 Å². The number of aliphatic hydroxyl groups excluding tert-OH is 1. The Labute approximate surface area is 175 Å². The highest BCUT2D eigenvalue weighted by molar-refractivity contribution is 5.80. The molecule has 0 unspecified atom stereocenters. The van der Waals surface area contributed by atoms with Gasteiger partial charge in [0.15, 0.2) is 0 Å². The van der Waals surface area contributed by atoms with Gasteiger partial charge in [0, 0.05) is 50.9 Å². The number of rotatable bonds is 7. The lowest BCUT2D eigenvalue weighted by atomic mass is 10.0. The predicted molar refractivity (Wildman–Crippen MR) is 117 cm³/mol. The molecular formula is C23H37N3O3. The SMILES string of the molecule is C[C@H](CO)N1C[C@H](C)[C@@H](CN(C)CC2CC2)Oc2ccc(N(C)C)cc2CC1=O. The molecule has 1 fully saturated rings. The van der Waals surface area contributed by atoms with E-state index in [2.05, 4.69) is 24.9 Å². The fraction of sp³-hybridized carbons (Fsp3) is 0.696. The summed E-state index contributed by atoms with van der Waals surface area (Å²) >= 11 is 0. The molecule has 1 N–H and O–H groups in total. The second-order valence-electron chi connectivity index (χ2n) is 9.24. The van der Waals surface area contributed by atoms with Crippen LogP contribution in [0, 0.1) is 11.8 Å². The molecule has 1 heterocycles. The number of carbonyl (C=O) groups excluding carboxylic acids is 1. The Morgan fingerprint density at radius 1 is 1.24 bits per heavy atom. The van der Waals surface area contributed by atoms with Gasteiger partial charge in [-0.1, -0.05) is 6.92 Å². The van der Waals surface area contributed by atoms with Gasteiger partial charge in [0.2, 0.25) is 5.91 Å². The standard InChI is InChI=1S/C23H37N3O3/c1-16-12-26(17(2)15-27)23(28)11-19-10-20(24(3)4)8-9-21(19)29-22(16)14-25(5)13-18-6-7-18/h8-10,16-18,22,27H,6-7,11-15H2,1-5H3/t16-,17+,22+/m0/s1. The lowest BCUT2D eigenvalue weighted by Crippen LogP contribution is -2.47. The molecule has 0 aromatic heterocycles. The van der Waals surface area contributed by atoms with Gasteiger partial charge < -0.3 is 24.5 Å². The second kappa shape index (κ2) is 9.35. The van der Waals surface area contributed by atoms with Crippen LogP contribution < -0.4 is 9.64 Å². The molecule has 29 heavy (non-hydrogen) atoms. The van der Waals surface area contributed by atoms with Crippen molar-refractivity contribution in [2.75, 3.05) is 52.3 Å². The first-order chi connectivity index (χ1) is 13.8. The van der Waals surface area contributed by atoms with Crippen LogP contribution >= 0.6 is 0 Å². The summed E-state index contributed by atoms with van der Waals surface area (Å²) in [5.74, 6) is 1.84. The van der Waals surface area contributed by atoms with Crippen LogP contribution in [0.4, 0.5) is 5.69 Å². The molecule has 0 radical (unpaired) electrons. The summed E-state index contributed by atoms with van der Waals surface area (Å²) in [4.78, 5) is 19.4. The average Bonchev–Trinajstić information content (AvgIpc) is 3.48. The lowest BCUT2D eigenvalue weighted by Gasteiger charge is -2.34. The second-order valence-corrected chi connectivity index (χ2v) is 9.24. The van der Waals surface area contributed by atoms with Crippen molar-refractivity contribution < 1.29 is 14.6 Å². The van der Waals surface area contributed by atoms with Crippen LogP contribution in [-0.2, 0) is 11.2 Å². The molecule has 0 spiro atoms. The molecule has 2 aliphatic rings. The third-order valence-electron chi connectivity index (χ3n) is 6.17. The first-order valence-electron chi connectivity index (χ1n) is 10.8. The fourth-order valence-electron chi connectivity index (χ4n) is 4.03. The predicted octanol–water partition coefficient (Wildman–Crippen LogP) is 2.24. The molecule has 1 aromatic carbocycles. The van der Waals surface area contributed by atoms with E-state index in [1.807, 2.05) is 43.0 Å². The largest absolute Gasteiger partial charge is 0.488 e. The highest BCUT2D eigenvalue weighted by atomic mass is 16.5. The molecule has 6 nitrogen and oxygen atoms in total. The number of likely N-dealkylation sites (N-methyl/N-ethyl adjacent to an activating group) is 1. The summed E-state index contributed by atoms with van der Waals surface area (Å²) in [6.45, 7) is 6.57. The van der Waals surface area contributed by atoms with E-state index in [0.717, 1.165) is 36.0 Å². The molecule has 6 heteroatoms. The van der Waals surface area contributed by atoms with Gasteiger partial charge in [-0.3, -0.25) is 4.79 Å². The minimum Gasteiger partial charge on any atom is -0.488 e.